The fraction of sp³-hybridized carbons (Fsp3) is 0.814. The number of rotatable bonds is 39. The molecule has 0 aromatic carbocycles. The molecule has 4 unspecified atom stereocenters. The van der Waals surface area contributed by atoms with Gasteiger partial charge in [-0.1, -0.05) is 159 Å². The van der Waals surface area contributed by atoms with E-state index in [1.807, 2.05) is 6.08 Å². The van der Waals surface area contributed by atoms with Crippen LogP contribution < -0.4 is 5.73 Å². The summed E-state index contributed by atoms with van der Waals surface area (Å²) >= 11 is 0. The van der Waals surface area contributed by atoms with Crippen molar-refractivity contribution in [2.45, 2.75) is 199 Å². The molecular formula is C43H78NO9P. The van der Waals surface area contributed by atoms with Gasteiger partial charge in [0.15, 0.2) is 6.10 Å². The summed E-state index contributed by atoms with van der Waals surface area (Å²) in [5.41, 5.74) is 5.34. The van der Waals surface area contributed by atoms with Crippen LogP contribution in [-0.2, 0) is 37.4 Å². The van der Waals surface area contributed by atoms with Crippen molar-refractivity contribution >= 4 is 19.8 Å². The zero-order valence-corrected chi connectivity index (χ0v) is 35.0. The zero-order valence-electron chi connectivity index (χ0n) is 34.1. The number of esters is 2. The molecule has 11 heteroatoms. The van der Waals surface area contributed by atoms with Gasteiger partial charge < -0.3 is 24.8 Å². The molecule has 1 heterocycles. The van der Waals surface area contributed by atoms with Gasteiger partial charge in [0.2, 0.25) is 0 Å². The van der Waals surface area contributed by atoms with Gasteiger partial charge >= 0.3 is 19.8 Å². The first kappa shape index (κ1) is 50.2. The Morgan fingerprint density at radius 1 is 0.667 bits per heavy atom. The minimum atomic E-state index is -4.39. The van der Waals surface area contributed by atoms with E-state index in [4.69, 9.17) is 29.0 Å². The summed E-state index contributed by atoms with van der Waals surface area (Å²) in [5.74, 6) is -0.895. The van der Waals surface area contributed by atoms with E-state index in [2.05, 4.69) is 44.2 Å². The van der Waals surface area contributed by atoms with E-state index < -0.39 is 32.5 Å². The van der Waals surface area contributed by atoms with Gasteiger partial charge in [-0.2, -0.15) is 0 Å². The van der Waals surface area contributed by atoms with Crippen LogP contribution in [0.1, 0.15) is 181 Å². The molecule has 0 aromatic heterocycles. The highest BCUT2D eigenvalue weighted by Gasteiger charge is 2.36. The molecule has 4 atom stereocenters. The predicted molar refractivity (Wildman–Crippen MR) is 219 cm³/mol. The second-order valence-electron chi connectivity index (χ2n) is 14.6. The Bertz CT molecular complexity index is 1050. The first-order valence-corrected chi connectivity index (χ1v) is 23.1. The minimum Gasteiger partial charge on any atom is -0.462 e. The molecule has 1 aliphatic heterocycles. The van der Waals surface area contributed by atoms with Crippen LogP contribution in [0.25, 0.3) is 0 Å². The average molecular weight is 784 g/mol. The van der Waals surface area contributed by atoms with Crippen molar-refractivity contribution in [3.05, 3.63) is 36.5 Å². The summed E-state index contributed by atoms with van der Waals surface area (Å²) in [6.45, 7) is 3.64. The Hall–Kier alpha value is -1.81. The van der Waals surface area contributed by atoms with Gasteiger partial charge in [0, 0.05) is 19.4 Å². The lowest BCUT2D eigenvalue weighted by Gasteiger charge is -2.19. The summed E-state index contributed by atoms with van der Waals surface area (Å²) in [4.78, 5) is 34.8. The summed E-state index contributed by atoms with van der Waals surface area (Å²) in [5, 5.41) is 0. The van der Waals surface area contributed by atoms with Crippen molar-refractivity contribution in [3.63, 3.8) is 0 Å². The van der Waals surface area contributed by atoms with E-state index >= 15 is 0 Å². The molecular weight excluding hydrogens is 705 g/mol. The van der Waals surface area contributed by atoms with Crippen molar-refractivity contribution in [1.82, 2.24) is 0 Å². The number of hydrogen-bond acceptors (Lipinski definition) is 9. The van der Waals surface area contributed by atoms with Crippen molar-refractivity contribution in [2.75, 3.05) is 26.4 Å². The number of epoxide rings is 1. The van der Waals surface area contributed by atoms with Gasteiger partial charge in [-0.3, -0.25) is 18.6 Å². The Morgan fingerprint density at radius 2 is 1.20 bits per heavy atom. The first-order chi connectivity index (χ1) is 26.3. The van der Waals surface area contributed by atoms with Crippen molar-refractivity contribution in [1.29, 1.82) is 0 Å². The third kappa shape index (κ3) is 32.4. The Morgan fingerprint density at radius 3 is 1.81 bits per heavy atom. The molecule has 0 bridgehead atoms. The SMILES string of the molecule is CCCCCCCCCCCCCCCCCC(=O)OCC(COP(=O)(O)OCCN)OC(=O)CCCC=CCC=CCC=CCC1OC1CCCCC. The van der Waals surface area contributed by atoms with Crippen LogP contribution in [0.15, 0.2) is 36.5 Å². The van der Waals surface area contributed by atoms with Crippen molar-refractivity contribution in [3.8, 4) is 0 Å². The molecule has 10 nitrogen and oxygen atoms in total. The van der Waals surface area contributed by atoms with Crippen LogP contribution in [0.5, 0.6) is 0 Å². The molecule has 314 valence electrons. The van der Waals surface area contributed by atoms with E-state index in [0.29, 0.717) is 25.0 Å². The number of hydrogen-bond donors (Lipinski definition) is 2. The highest BCUT2D eigenvalue weighted by Crippen LogP contribution is 2.43. The van der Waals surface area contributed by atoms with E-state index in [1.165, 1.54) is 103 Å². The van der Waals surface area contributed by atoms with Gasteiger partial charge in [0.05, 0.1) is 25.4 Å². The quantitative estimate of drug-likeness (QED) is 0.0203. The van der Waals surface area contributed by atoms with E-state index in [1.54, 1.807) is 0 Å². The van der Waals surface area contributed by atoms with E-state index in [9.17, 15) is 19.0 Å². The standard InChI is InChI=1S/C43H78NO9P/c1-3-5-7-8-9-10-11-12-13-14-15-19-22-25-29-33-42(45)49-37-39(38-51-54(47,48)50-36-35-44)52-43(46)34-30-26-23-20-17-16-18-21-24-28-32-41-40(53-41)31-27-6-4-2/h16,18,20,23-24,28,39-41H,3-15,17,19,21-22,25-27,29-38,44H2,1-2H3,(H,47,48). The molecule has 0 aromatic rings. The molecule has 0 radical (unpaired) electrons. The topological polar surface area (TPSA) is 147 Å². The summed E-state index contributed by atoms with van der Waals surface area (Å²) in [6.07, 6.45) is 40.7. The largest absolute Gasteiger partial charge is 0.472 e. The lowest BCUT2D eigenvalue weighted by Crippen LogP contribution is -2.29. The van der Waals surface area contributed by atoms with Gasteiger partial charge in [0.1, 0.15) is 6.61 Å². The molecule has 54 heavy (non-hydrogen) atoms. The Balaban J connectivity index is 2.21. The van der Waals surface area contributed by atoms with Crippen molar-refractivity contribution < 1.29 is 42.3 Å². The molecule has 1 aliphatic rings. The molecule has 1 fully saturated rings. The number of phosphoric acid groups is 1. The second-order valence-corrected chi connectivity index (χ2v) is 16.1. The van der Waals surface area contributed by atoms with Crippen LogP contribution in [0.3, 0.4) is 0 Å². The Kier molecular flexibility index (Phi) is 33.1. The molecule has 0 amide bonds. The first-order valence-electron chi connectivity index (χ1n) is 21.6. The molecule has 3 N–H and O–H groups in total. The van der Waals surface area contributed by atoms with Crippen LogP contribution in [0.2, 0.25) is 0 Å². The predicted octanol–water partition coefficient (Wildman–Crippen LogP) is 11.2. The summed E-state index contributed by atoms with van der Waals surface area (Å²) in [7, 11) is -4.39. The van der Waals surface area contributed by atoms with Gasteiger partial charge in [-0.05, 0) is 44.9 Å². The highest BCUT2D eigenvalue weighted by atomic mass is 31.2. The lowest BCUT2D eigenvalue weighted by molar-refractivity contribution is -0.161. The number of carbonyl (C=O) groups is 2. The second kappa shape index (κ2) is 35.6. The normalized spacial score (nSPS) is 17.4. The van der Waals surface area contributed by atoms with Crippen molar-refractivity contribution in [2.24, 2.45) is 5.73 Å². The summed E-state index contributed by atoms with van der Waals surface area (Å²) in [6, 6.07) is 0. The van der Waals surface area contributed by atoms with Gasteiger partial charge in [0.25, 0.3) is 0 Å². The monoisotopic (exact) mass is 784 g/mol. The molecule has 0 spiro atoms. The number of ether oxygens (including phenoxy) is 3. The minimum absolute atomic E-state index is 0.0432. The number of carbonyl (C=O) groups excluding carboxylic acids is 2. The van der Waals surface area contributed by atoms with Crippen LogP contribution >= 0.6 is 7.82 Å². The maximum absolute atomic E-state index is 12.6. The number of phosphoric ester groups is 1. The molecule has 1 rings (SSSR count). The van der Waals surface area contributed by atoms with E-state index in [0.717, 1.165) is 38.5 Å². The summed E-state index contributed by atoms with van der Waals surface area (Å²) < 4.78 is 38.4. The van der Waals surface area contributed by atoms with Crippen LogP contribution in [-0.4, -0.2) is 61.5 Å². The fourth-order valence-corrected chi connectivity index (χ4v) is 6.90. The van der Waals surface area contributed by atoms with Gasteiger partial charge in [-0.25, -0.2) is 4.57 Å². The number of unbranched alkanes of at least 4 members (excludes halogenated alkanes) is 17. The molecule has 0 saturated carbocycles. The number of nitrogens with two attached hydrogens (primary N) is 1. The third-order valence-electron chi connectivity index (χ3n) is 9.45. The number of allylic oxidation sites excluding steroid dienone is 5. The highest BCUT2D eigenvalue weighted by molar-refractivity contribution is 7.47. The Labute approximate surface area is 329 Å². The van der Waals surface area contributed by atoms with Gasteiger partial charge in [-0.15, -0.1) is 0 Å². The fourth-order valence-electron chi connectivity index (χ4n) is 6.13. The third-order valence-corrected chi connectivity index (χ3v) is 10.4. The molecule has 0 aliphatic carbocycles. The van der Waals surface area contributed by atoms with Crippen LogP contribution in [0.4, 0.5) is 0 Å². The van der Waals surface area contributed by atoms with Crippen LogP contribution in [0, 0.1) is 0 Å². The zero-order chi connectivity index (χ0) is 39.4. The lowest BCUT2D eigenvalue weighted by atomic mass is 10.0. The average Bonchev–Trinajstić information content (AvgIpc) is 3.91. The maximum atomic E-state index is 12.6. The maximum Gasteiger partial charge on any atom is 0.472 e. The van der Waals surface area contributed by atoms with E-state index in [-0.39, 0.29) is 32.6 Å². The molecule has 1 saturated heterocycles. The smallest absolute Gasteiger partial charge is 0.462 e.